The lowest BCUT2D eigenvalue weighted by Gasteiger charge is -2.17. The molecular formula is C18H19NO4. The van der Waals surface area contributed by atoms with Crippen LogP contribution in [0.15, 0.2) is 48.5 Å². The molecule has 0 heterocycles. The molecule has 0 bridgehead atoms. The van der Waals surface area contributed by atoms with E-state index in [1.165, 1.54) is 0 Å². The van der Waals surface area contributed by atoms with Crippen LogP contribution in [0.3, 0.4) is 0 Å². The molecule has 120 valence electrons. The monoisotopic (exact) mass is 313 g/mol. The van der Waals surface area contributed by atoms with Gasteiger partial charge in [0, 0.05) is 11.1 Å². The molecule has 5 nitrogen and oxygen atoms in total. The minimum atomic E-state index is -0.250. The summed E-state index contributed by atoms with van der Waals surface area (Å²) in [7, 11) is 1.59. The average Bonchev–Trinajstić information content (AvgIpc) is 2.60. The zero-order chi connectivity index (χ0) is 16.7. The molecule has 0 radical (unpaired) electrons. The third kappa shape index (κ3) is 4.57. The van der Waals surface area contributed by atoms with Gasteiger partial charge in [0.2, 0.25) is 0 Å². The Balaban J connectivity index is 1.92. The maximum Gasteiger partial charge on any atom is 0.258 e. The van der Waals surface area contributed by atoms with Crippen molar-refractivity contribution >= 4 is 12.2 Å². The topological polar surface area (TPSA) is 64.6 Å². The van der Waals surface area contributed by atoms with Crippen molar-refractivity contribution in [2.75, 3.05) is 13.7 Å². The molecule has 0 aromatic heterocycles. The molecule has 1 unspecified atom stereocenters. The molecule has 0 saturated carbocycles. The average molecular weight is 313 g/mol. The molecule has 0 aliphatic rings. The zero-order valence-corrected chi connectivity index (χ0v) is 13.1. The molecule has 0 saturated heterocycles. The maximum atomic E-state index is 12.0. The van der Waals surface area contributed by atoms with Crippen LogP contribution < -0.4 is 14.8 Å². The van der Waals surface area contributed by atoms with Crippen LogP contribution in [0, 0.1) is 0 Å². The van der Waals surface area contributed by atoms with Crippen LogP contribution in [0.25, 0.3) is 0 Å². The fraction of sp³-hybridized carbons (Fsp3) is 0.222. The second-order valence-electron chi connectivity index (χ2n) is 5.01. The minimum absolute atomic E-state index is 0.123. The molecular weight excluding hydrogens is 294 g/mol. The molecule has 2 aromatic carbocycles. The normalized spacial score (nSPS) is 11.4. The molecule has 0 aliphatic carbocycles. The Morgan fingerprint density at radius 3 is 2.74 bits per heavy atom. The standard InChI is InChI=1S/C18H19NO4/c1-13(16-8-3-4-9-17(16)22-2)19-18(21)12-23-15-7-5-6-14(10-15)11-20/h3-11,13H,12H2,1-2H3,(H,19,21). The van der Waals surface area contributed by atoms with Gasteiger partial charge >= 0.3 is 0 Å². The highest BCUT2D eigenvalue weighted by Crippen LogP contribution is 2.24. The van der Waals surface area contributed by atoms with Gasteiger partial charge in [-0.15, -0.1) is 0 Å². The summed E-state index contributed by atoms with van der Waals surface area (Å²) < 4.78 is 10.7. The maximum absolute atomic E-state index is 12.0. The fourth-order valence-electron chi connectivity index (χ4n) is 2.21. The number of rotatable bonds is 7. The summed E-state index contributed by atoms with van der Waals surface area (Å²) in [6.45, 7) is 1.75. The van der Waals surface area contributed by atoms with Crippen LogP contribution in [0.2, 0.25) is 0 Å². The predicted molar refractivity (Wildman–Crippen MR) is 86.9 cm³/mol. The van der Waals surface area contributed by atoms with E-state index in [0.29, 0.717) is 11.3 Å². The molecule has 5 heteroatoms. The largest absolute Gasteiger partial charge is 0.496 e. The number of ether oxygens (including phenoxy) is 2. The first kappa shape index (κ1) is 16.5. The van der Waals surface area contributed by atoms with E-state index in [4.69, 9.17) is 9.47 Å². The third-order valence-electron chi connectivity index (χ3n) is 3.35. The number of aldehydes is 1. The van der Waals surface area contributed by atoms with Gasteiger partial charge in [-0.1, -0.05) is 30.3 Å². The van der Waals surface area contributed by atoms with Crippen molar-refractivity contribution in [1.82, 2.24) is 5.32 Å². The van der Waals surface area contributed by atoms with E-state index in [0.717, 1.165) is 17.6 Å². The van der Waals surface area contributed by atoms with Gasteiger partial charge in [0.05, 0.1) is 13.2 Å². The molecule has 0 spiro atoms. The minimum Gasteiger partial charge on any atom is -0.496 e. The van der Waals surface area contributed by atoms with Gasteiger partial charge in [0.15, 0.2) is 6.61 Å². The van der Waals surface area contributed by atoms with Gasteiger partial charge in [-0.3, -0.25) is 9.59 Å². The molecule has 2 aromatic rings. The number of para-hydroxylation sites is 1. The van der Waals surface area contributed by atoms with E-state index in [9.17, 15) is 9.59 Å². The van der Waals surface area contributed by atoms with Gasteiger partial charge in [-0.2, -0.15) is 0 Å². The van der Waals surface area contributed by atoms with E-state index in [1.807, 2.05) is 31.2 Å². The van der Waals surface area contributed by atoms with Crippen LogP contribution in [0.1, 0.15) is 28.9 Å². The number of hydrogen-bond donors (Lipinski definition) is 1. The molecule has 1 amide bonds. The summed E-state index contributed by atoms with van der Waals surface area (Å²) in [5.74, 6) is 0.953. The number of methoxy groups -OCH3 is 1. The van der Waals surface area contributed by atoms with Crippen molar-refractivity contribution in [2.24, 2.45) is 0 Å². The quantitative estimate of drug-likeness (QED) is 0.798. The van der Waals surface area contributed by atoms with E-state index in [2.05, 4.69) is 5.32 Å². The predicted octanol–water partition coefficient (Wildman–Crippen LogP) is 2.76. The summed E-state index contributed by atoms with van der Waals surface area (Å²) in [6, 6.07) is 14.0. The number of hydrogen-bond acceptors (Lipinski definition) is 4. The van der Waals surface area contributed by atoms with E-state index in [1.54, 1.807) is 31.4 Å². The molecule has 0 aliphatic heterocycles. The SMILES string of the molecule is COc1ccccc1C(C)NC(=O)COc1cccc(C=O)c1. The number of amides is 1. The summed E-state index contributed by atoms with van der Waals surface area (Å²) >= 11 is 0. The first-order valence-corrected chi connectivity index (χ1v) is 7.24. The van der Waals surface area contributed by atoms with Crippen molar-refractivity contribution in [2.45, 2.75) is 13.0 Å². The Bertz CT molecular complexity index is 684. The van der Waals surface area contributed by atoms with Crippen LogP contribution >= 0.6 is 0 Å². The molecule has 0 fully saturated rings. The molecule has 23 heavy (non-hydrogen) atoms. The molecule has 1 atom stereocenters. The number of carbonyl (C=O) groups excluding carboxylic acids is 2. The van der Waals surface area contributed by atoms with Crippen molar-refractivity contribution in [3.8, 4) is 11.5 Å². The van der Waals surface area contributed by atoms with Gasteiger partial charge in [-0.25, -0.2) is 0 Å². The Morgan fingerprint density at radius 1 is 1.22 bits per heavy atom. The van der Waals surface area contributed by atoms with Crippen LogP contribution in [0.5, 0.6) is 11.5 Å². The van der Waals surface area contributed by atoms with E-state index in [-0.39, 0.29) is 18.6 Å². The van der Waals surface area contributed by atoms with E-state index < -0.39 is 0 Å². The van der Waals surface area contributed by atoms with Crippen LogP contribution in [-0.2, 0) is 4.79 Å². The summed E-state index contributed by atoms with van der Waals surface area (Å²) in [6.07, 6.45) is 0.733. The van der Waals surface area contributed by atoms with Crippen molar-refractivity contribution in [3.63, 3.8) is 0 Å². The zero-order valence-electron chi connectivity index (χ0n) is 13.1. The summed E-state index contributed by atoms with van der Waals surface area (Å²) in [5, 5.41) is 2.86. The number of benzene rings is 2. The highest BCUT2D eigenvalue weighted by atomic mass is 16.5. The van der Waals surface area contributed by atoms with Crippen molar-refractivity contribution < 1.29 is 19.1 Å². The Kier molecular flexibility index (Phi) is 5.74. The first-order valence-electron chi connectivity index (χ1n) is 7.24. The lowest BCUT2D eigenvalue weighted by atomic mass is 10.1. The number of carbonyl (C=O) groups is 2. The first-order chi connectivity index (χ1) is 11.1. The Hall–Kier alpha value is -2.82. The van der Waals surface area contributed by atoms with Crippen LogP contribution in [-0.4, -0.2) is 25.9 Å². The second-order valence-corrected chi connectivity index (χ2v) is 5.01. The van der Waals surface area contributed by atoms with Crippen molar-refractivity contribution in [1.29, 1.82) is 0 Å². The Labute approximate surface area is 135 Å². The van der Waals surface area contributed by atoms with Gasteiger partial charge in [0.1, 0.15) is 17.8 Å². The van der Waals surface area contributed by atoms with E-state index >= 15 is 0 Å². The lowest BCUT2D eigenvalue weighted by molar-refractivity contribution is -0.123. The van der Waals surface area contributed by atoms with Gasteiger partial charge < -0.3 is 14.8 Å². The van der Waals surface area contributed by atoms with Crippen LogP contribution in [0.4, 0.5) is 0 Å². The fourth-order valence-corrected chi connectivity index (χ4v) is 2.21. The third-order valence-corrected chi connectivity index (χ3v) is 3.35. The highest BCUT2D eigenvalue weighted by molar-refractivity contribution is 5.78. The highest BCUT2D eigenvalue weighted by Gasteiger charge is 2.13. The Morgan fingerprint density at radius 2 is 2.00 bits per heavy atom. The lowest BCUT2D eigenvalue weighted by Crippen LogP contribution is -2.31. The summed E-state index contributed by atoms with van der Waals surface area (Å²) in [4.78, 5) is 22.7. The summed E-state index contributed by atoms with van der Waals surface area (Å²) in [5.41, 5.74) is 1.40. The van der Waals surface area contributed by atoms with Crippen molar-refractivity contribution in [3.05, 3.63) is 59.7 Å². The second kappa shape index (κ2) is 7.98. The van der Waals surface area contributed by atoms with Gasteiger partial charge in [0.25, 0.3) is 5.91 Å². The molecule has 2 rings (SSSR count). The van der Waals surface area contributed by atoms with Gasteiger partial charge in [-0.05, 0) is 25.1 Å². The molecule has 1 N–H and O–H groups in total. The smallest absolute Gasteiger partial charge is 0.258 e. The number of nitrogens with one attached hydrogen (secondary N) is 1.